The summed E-state index contributed by atoms with van der Waals surface area (Å²) in [5.74, 6) is -1.74. The minimum absolute atomic E-state index is 0.0235. The van der Waals surface area contributed by atoms with Crippen LogP contribution in [0.1, 0.15) is 56.1 Å². The molecule has 0 saturated heterocycles. The van der Waals surface area contributed by atoms with Crippen molar-refractivity contribution in [2.45, 2.75) is 57.0 Å². The molecule has 7 heteroatoms. The van der Waals surface area contributed by atoms with E-state index in [0.29, 0.717) is 19.3 Å². The fourth-order valence-corrected chi connectivity index (χ4v) is 4.96. The number of fused-ring (bicyclic) bond motifs is 3. The number of carboxylic acids is 1. The zero-order valence-electron chi connectivity index (χ0n) is 19.9. The van der Waals surface area contributed by atoms with E-state index in [1.807, 2.05) is 43.3 Å². The van der Waals surface area contributed by atoms with Crippen LogP contribution in [0, 0.1) is 5.92 Å². The Morgan fingerprint density at radius 3 is 2.34 bits per heavy atom. The van der Waals surface area contributed by atoms with Crippen molar-refractivity contribution >= 4 is 18.0 Å². The zero-order valence-corrected chi connectivity index (χ0v) is 19.9. The number of carbonyl (C=O) groups excluding carboxylic acids is 2. The van der Waals surface area contributed by atoms with E-state index >= 15 is 0 Å². The lowest BCUT2D eigenvalue weighted by molar-refractivity contribution is -0.142. The molecule has 3 N–H and O–H groups in total. The highest BCUT2D eigenvalue weighted by atomic mass is 16.5. The number of unbranched alkanes of at least 4 members (excludes halogenated alkanes) is 1. The first-order valence-electron chi connectivity index (χ1n) is 12.3. The number of ether oxygens (including phenoxy) is 1. The van der Waals surface area contributed by atoms with Crippen molar-refractivity contribution in [1.29, 1.82) is 0 Å². The number of benzene rings is 2. The molecule has 0 spiro atoms. The Labute approximate surface area is 205 Å². The fraction of sp³-hybridized carbons (Fsp3) is 0.393. The maximum Gasteiger partial charge on any atom is 0.407 e. The number of hydrogen-bond donors (Lipinski definition) is 3. The van der Waals surface area contributed by atoms with Gasteiger partial charge in [-0.25, -0.2) is 9.59 Å². The smallest absolute Gasteiger partial charge is 0.407 e. The number of carbonyl (C=O) groups is 3. The fourth-order valence-electron chi connectivity index (χ4n) is 4.96. The van der Waals surface area contributed by atoms with Crippen molar-refractivity contribution in [1.82, 2.24) is 10.6 Å². The van der Waals surface area contributed by atoms with Gasteiger partial charge < -0.3 is 20.5 Å². The van der Waals surface area contributed by atoms with Gasteiger partial charge in [-0.05, 0) is 41.5 Å². The van der Waals surface area contributed by atoms with Crippen molar-refractivity contribution in [2.24, 2.45) is 5.92 Å². The number of nitrogens with one attached hydrogen (secondary N) is 2. The highest BCUT2D eigenvalue weighted by Crippen LogP contribution is 2.44. The summed E-state index contributed by atoms with van der Waals surface area (Å²) in [5, 5.41) is 14.9. The van der Waals surface area contributed by atoms with E-state index in [-0.39, 0.29) is 24.5 Å². The predicted molar refractivity (Wildman–Crippen MR) is 133 cm³/mol. The zero-order chi connectivity index (χ0) is 24.8. The Kier molecular flexibility index (Phi) is 7.85. The van der Waals surface area contributed by atoms with Crippen LogP contribution in [0.15, 0.2) is 60.7 Å². The number of rotatable bonds is 9. The summed E-state index contributed by atoms with van der Waals surface area (Å²) < 4.78 is 5.62. The first-order valence-corrected chi connectivity index (χ1v) is 12.3. The van der Waals surface area contributed by atoms with E-state index in [4.69, 9.17) is 4.74 Å². The summed E-state index contributed by atoms with van der Waals surface area (Å²) in [6.45, 7) is 2.20. The molecule has 2 aromatic carbocycles. The van der Waals surface area contributed by atoms with Crippen LogP contribution >= 0.6 is 0 Å². The summed E-state index contributed by atoms with van der Waals surface area (Å²) >= 11 is 0. The van der Waals surface area contributed by atoms with E-state index in [2.05, 4.69) is 34.9 Å². The third-order valence-corrected chi connectivity index (χ3v) is 6.81. The standard InChI is InChI=1S/C28H32N2O5/c1-2-3-15-25(27(32)33)30-26(31)18-9-8-10-19(16-18)29-28(34)35-17-24-22-13-6-4-11-20(22)21-12-5-7-14-23(21)24/h4-8,10-14,18-19,24-25H,2-3,9,15-17H2,1H3,(H,29,34)(H,30,31)(H,32,33). The summed E-state index contributed by atoms with van der Waals surface area (Å²) in [7, 11) is 0. The van der Waals surface area contributed by atoms with Crippen LogP contribution < -0.4 is 10.6 Å². The van der Waals surface area contributed by atoms with Crippen LogP contribution in [0.25, 0.3) is 11.1 Å². The second-order valence-electron chi connectivity index (χ2n) is 9.21. The molecule has 0 aliphatic heterocycles. The maximum absolute atomic E-state index is 12.7. The summed E-state index contributed by atoms with van der Waals surface area (Å²) in [4.78, 5) is 36.8. The second-order valence-corrected chi connectivity index (χ2v) is 9.21. The Morgan fingerprint density at radius 2 is 1.71 bits per heavy atom. The monoisotopic (exact) mass is 476 g/mol. The highest BCUT2D eigenvalue weighted by Gasteiger charge is 2.31. The van der Waals surface area contributed by atoms with Crippen LogP contribution in [0.2, 0.25) is 0 Å². The molecule has 2 aliphatic rings. The molecule has 3 atom stereocenters. The Bertz CT molecular complexity index is 1070. The summed E-state index contributed by atoms with van der Waals surface area (Å²) in [6.07, 6.45) is 6.07. The first-order chi connectivity index (χ1) is 17.0. The molecule has 0 radical (unpaired) electrons. The van der Waals surface area contributed by atoms with Crippen LogP contribution in [-0.4, -0.2) is 41.8 Å². The van der Waals surface area contributed by atoms with Gasteiger partial charge in [-0.3, -0.25) is 4.79 Å². The van der Waals surface area contributed by atoms with Crippen LogP contribution in [-0.2, 0) is 14.3 Å². The van der Waals surface area contributed by atoms with Gasteiger partial charge in [-0.2, -0.15) is 0 Å². The molecule has 184 valence electrons. The second kappa shape index (κ2) is 11.2. The summed E-state index contributed by atoms with van der Waals surface area (Å²) in [5.41, 5.74) is 4.62. The van der Waals surface area contributed by atoms with Gasteiger partial charge in [0.1, 0.15) is 12.6 Å². The molecule has 0 bridgehead atoms. The minimum atomic E-state index is -1.02. The quantitative estimate of drug-likeness (QED) is 0.458. The van der Waals surface area contributed by atoms with Gasteiger partial charge in [0.15, 0.2) is 0 Å². The molecular weight excluding hydrogens is 444 g/mol. The number of aliphatic carboxylic acids is 1. The Balaban J connectivity index is 1.31. The van der Waals surface area contributed by atoms with Crippen LogP contribution in [0.3, 0.4) is 0 Å². The van der Waals surface area contributed by atoms with E-state index in [1.165, 1.54) is 11.1 Å². The third kappa shape index (κ3) is 5.73. The van der Waals surface area contributed by atoms with Crippen molar-refractivity contribution in [2.75, 3.05) is 6.61 Å². The maximum atomic E-state index is 12.7. The normalized spacial score (nSPS) is 19.3. The molecule has 7 nitrogen and oxygen atoms in total. The molecule has 0 aromatic heterocycles. The first kappa shape index (κ1) is 24.5. The molecule has 2 aliphatic carbocycles. The van der Waals surface area contributed by atoms with Crippen molar-refractivity contribution < 1.29 is 24.2 Å². The van der Waals surface area contributed by atoms with Gasteiger partial charge in [-0.15, -0.1) is 0 Å². The summed E-state index contributed by atoms with van der Waals surface area (Å²) in [6, 6.07) is 15.1. The van der Waals surface area contributed by atoms with Crippen LogP contribution in [0.5, 0.6) is 0 Å². The average Bonchev–Trinajstić information content (AvgIpc) is 3.19. The van der Waals surface area contributed by atoms with Gasteiger partial charge in [0.2, 0.25) is 5.91 Å². The lowest BCUT2D eigenvalue weighted by atomic mass is 9.90. The minimum Gasteiger partial charge on any atom is -0.480 e. The van der Waals surface area contributed by atoms with Gasteiger partial charge in [0, 0.05) is 11.8 Å². The molecule has 35 heavy (non-hydrogen) atoms. The molecule has 0 heterocycles. The SMILES string of the molecule is CCCCC(NC(=O)C1CC=CC(NC(=O)OCC2c3ccccc3-c3ccccc32)C1)C(=O)O. The van der Waals surface area contributed by atoms with Gasteiger partial charge >= 0.3 is 12.1 Å². The third-order valence-electron chi connectivity index (χ3n) is 6.81. The average molecular weight is 477 g/mol. The largest absolute Gasteiger partial charge is 0.480 e. The van der Waals surface area contributed by atoms with Gasteiger partial charge in [0.05, 0.1) is 6.04 Å². The number of hydrogen-bond acceptors (Lipinski definition) is 4. The molecule has 0 saturated carbocycles. The molecule has 2 aromatic rings. The predicted octanol–water partition coefficient (Wildman–Crippen LogP) is 4.62. The number of allylic oxidation sites excluding steroid dienone is 1. The van der Waals surface area contributed by atoms with Crippen molar-refractivity contribution in [3.8, 4) is 11.1 Å². The van der Waals surface area contributed by atoms with E-state index in [1.54, 1.807) is 0 Å². The topological polar surface area (TPSA) is 105 Å². The van der Waals surface area contributed by atoms with Crippen LogP contribution in [0.4, 0.5) is 4.79 Å². The number of amides is 2. The van der Waals surface area contributed by atoms with E-state index in [9.17, 15) is 19.5 Å². The lowest BCUT2D eigenvalue weighted by Gasteiger charge is -2.26. The lowest BCUT2D eigenvalue weighted by Crippen LogP contribution is -2.46. The van der Waals surface area contributed by atoms with E-state index in [0.717, 1.165) is 24.0 Å². The number of carboxylic acid groups (broad SMARTS) is 1. The Morgan fingerprint density at radius 1 is 1.06 bits per heavy atom. The van der Waals surface area contributed by atoms with Gasteiger partial charge in [0.25, 0.3) is 0 Å². The highest BCUT2D eigenvalue weighted by molar-refractivity contribution is 5.85. The molecule has 4 rings (SSSR count). The van der Waals surface area contributed by atoms with Crippen molar-refractivity contribution in [3.63, 3.8) is 0 Å². The Hall–Kier alpha value is -3.61. The molecule has 0 fully saturated rings. The molecule has 2 amide bonds. The molecular formula is C28H32N2O5. The van der Waals surface area contributed by atoms with Crippen molar-refractivity contribution in [3.05, 3.63) is 71.8 Å². The van der Waals surface area contributed by atoms with Gasteiger partial charge in [-0.1, -0.05) is 80.4 Å². The number of alkyl carbamates (subject to hydrolysis) is 1. The van der Waals surface area contributed by atoms with E-state index < -0.39 is 24.0 Å². The molecule has 3 unspecified atom stereocenters.